The van der Waals surface area contributed by atoms with Gasteiger partial charge in [0, 0.05) is 26.0 Å². The van der Waals surface area contributed by atoms with Gasteiger partial charge in [-0.3, -0.25) is 0 Å². The Morgan fingerprint density at radius 1 is 1.14 bits per heavy atom. The van der Waals surface area contributed by atoms with Crippen molar-refractivity contribution in [3.8, 4) is 17.2 Å². The maximum atomic E-state index is 5.96. The van der Waals surface area contributed by atoms with E-state index < -0.39 is 5.79 Å². The normalized spacial score (nSPS) is 15.6. The molecule has 0 saturated heterocycles. The predicted octanol–water partition coefficient (Wildman–Crippen LogP) is 3.92. The Balaban J connectivity index is 1.87. The summed E-state index contributed by atoms with van der Waals surface area (Å²) in [5.41, 5.74) is 2.02. The minimum absolute atomic E-state index is 0.455. The van der Waals surface area contributed by atoms with E-state index in [1.807, 2.05) is 56.3 Å². The van der Waals surface area contributed by atoms with Crippen molar-refractivity contribution in [3.63, 3.8) is 0 Å². The quantitative estimate of drug-likeness (QED) is 0.857. The average molecular weight is 300 g/mol. The number of benzene rings is 2. The summed E-state index contributed by atoms with van der Waals surface area (Å²) in [4.78, 5) is 0. The first-order valence-corrected chi connectivity index (χ1v) is 7.28. The molecule has 0 unspecified atom stereocenters. The van der Waals surface area contributed by atoms with Crippen molar-refractivity contribution in [2.45, 2.75) is 32.8 Å². The number of hydrogen-bond donors (Lipinski definition) is 0. The molecule has 0 aromatic heterocycles. The minimum atomic E-state index is -0.643. The Kier molecular flexibility index (Phi) is 3.94. The van der Waals surface area contributed by atoms with Crippen molar-refractivity contribution in [2.24, 2.45) is 0 Å². The van der Waals surface area contributed by atoms with Crippen LogP contribution in [0.4, 0.5) is 0 Å². The second kappa shape index (κ2) is 5.89. The summed E-state index contributed by atoms with van der Waals surface area (Å²) in [7, 11) is 1.63. The summed E-state index contributed by atoms with van der Waals surface area (Å²) >= 11 is 0. The molecule has 0 spiro atoms. The van der Waals surface area contributed by atoms with E-state index in [2.05, 4.69) is 0 Å². The Morgan fingerprint density at radius 3 is 2.64 bits per heavy atom. The van der Waals surface area contributed by atoms with Gasteiger partial charge in [-0.25, -0.2) is 0 Å². The molecule has 2 aromatic carbocycles. The smallest absolute Gasteiger partial charge is 0.205 e. The van der Waals surface area contributed by atoms with E-state index in [1.54, 1.807) is 7.11 Å². The highest BCUT2D eigenvalue weighted by Gasteiger charge is 2.30. The summed E-state index contributed by atoms with van der Waals surface area (Å²) in [5.74, 6) is 1.54. The molecule has 3 rings (SSSR count). The van der Waals surface area contributed by atoms with E-state index >= 15 is 0 Å². The molecule has 1 heterocycles. The molecule has 4 heteroatoms. The average Bonchev–Trinajstić information content (AvgIpc) is 2.52. The Bertz CT molecular complexity index is 650. The van der Waals surface area contributed by atoms with Gasteiger partial charge in [-0.2, -0.15) is 0 Å². The molecular weight excluding hydrogens is 280 g/mol. The summed E-state index contributed by atoms with van der Waals surface area (Å²) < 4.78 is 22.9. The number of methoxy groups -OCH3 is 1. The first kappa shape index (κ1) is 14.7. The molecule has 116 valence electrons. The van der Waals surface area contributed by atoms with Gasteiger partial charge in [0.2, 0.25) is 5.79 Å². The fourth-order valence-corrected chi connectivity index (χ4v) is 2.35. The highest BCUT2D eigenvalue weighted by atomic mass is 16.7. The lowest BCUT2D eigenvalue weighted by Gasteiger charge is -2.33. The van der Waals surface area contributed by atoms with E-state index in [-0.39, 0.29) is 0 Å². The summed E-state index contributed by atoms with van der Waals surface area (Å²) in [6.45, 7) is 4.72. The zero-order chi connectivity index (χ0) is 15.6. The molecule has 1 aliphatic heterocycles. The second-order valence-corrected chi connectivity index (χ2v) is 5.67. The molecule has 2 aromatic rings. The largest absolute Gasteiger partial charge is 0.496 e. The van der Waals surface area contributed by atoms with Gasteiger partial charge in [-0.05, 0) is 5.56 Å². The lowest BCUT2D eigenvalue weighted by atomic mass is 10.1. The molecule has 0 bridgehead atoms. The fraction of sp³-hybridized carbons (Fsp3) is 0.333. The van der Waals surface area contributed by atoms with E-state index in [0.717, 1.165) is 22.6 Å². The first-order valence-electron chi connectivity index (χ1n) is 7.28. The maximum Gasteiger partial charge on any atom is 0.205 e. The van der Waals surface area contributed by atoms with Gasteiger partial charge in [0.05, 0.1) is 19.3 Å². The Morgan fingerprint density at radius 2 is 1.91 bits per heavy atom. The lowest BCUT2D eigenvalue weighted by molar-refractivity contribution is -0.180. The van der Waals surface area contributed by atoms with Gasteiger partial charge < -0.3 is 18.9 Å². The number of ether oxygens (including phenoxy) is 4. The van der Waals surface area contributed by atoms with Gasteiger partial charge in [0.25, 0.3) is 0 Å². The zero-order valence-corrected chi connectivity index (χ0v) is 13.1. The number of hydrogen-bond acceptors (Lipinski definition) is 4. The van der Waals surface area contributed by atoms with Crippen LogP contribution in [0.15, 0.2) is 42.5 Å². The summed E-state index contributed by atoms with van der Waals surface area (Å²) in [6, 6.07) is 13.8. The second-order valence-electron chi connectivity index (χ2n) is 5.67. The molecule has 4 nitrogen and oxygen atoms in total. The Hall–Kier alpha value is -2.20. The van der Waals surface area contributed by atoms with E-state index in [0.29, 0.717) is 19.0 Å². The van der Waals surface area contributed by atoms with Gasteiger partial charge >= 0.3 is 0 Å². The topological polar surface area (TPSA) is 36.9 Å². The highest BCUT2D eigenvalue weighted by molar-refractivity contribution is 5.51. The SMILES string of the molecule is COc1cc(OCc2ccccc2)c2c(c1)OC(C)(C)OC2. The van der Waals surface area contributed by atoms with Crippen LogP contribution in [-0.4, -0.2) is 12.9 Å². The third kappa shape index (κ3) is 3.17. The molecule has 0 radical (unpaired) electrons. The van der Waals surface area contributed by atoms with Gasteiger partial charge in [0.1, 0.15) is 23.9 Å². The van der Waals surface area contributed by atoms with Crippen LogP contribution in [0, 0.1) is 0 Å². The molecule has 0 N–H and O–H groups in total. The van der Waals surface area contributed by atoms with Crippen LogP contribution in [0.3, 0.4) is 0 Å². The van der Waals surface area contributed by atoms with Crippen LogP contribution < -0.4 is 14.2 Å². The van der Waals surface area contributed by atoms with Crippen molar-refractivity contribution >= 4 is 0 Å². The summed E-state index contributed by atoms with van der Waals surface area (Å²) in [6.07, 6.45) is 0. The van der Waals surface area contributed by atoms with E-state index in [9.17, 15) is 0 Å². The van der Waals surface area contributed by atoms with Crippen LogP contribution >= 0.6 is 0 Å². The molecule has 22 heavy (non-hydrogen) atoms. The number of fused-ring (bicyclic) bond motifs is 1. The highest BCUT2D eigenvalue weighted by Crippen LogP contribution is 2.40. The van der Waals surface area contributed by atoms with Crippen LogP contribution in [0.2, 0.25) is 0 Å². The van der Waals surface area contributed by atoms with E-state index in [4.69, 9.17) is 18.9 Å². The van der Waals surface area contributed by atoms with Crippen molar-refractivity contribution < 1.29 is 18.9 Å². The van der Waals surface area contributed by atoms with Crippen molar-refractivity contribution in [1.29, 1.82) is 0 Å². The number of rotatable bonds is 4. The molecule has 1 aliphatic rings. The first-order chi connectivity index (χ1) is 10.6. The predicted molar refractivity (Wildman–Crippen MR) is 83.3 cm³/mol. The van der Waals surface area contributed by atoms with Gasteiger partial charge in [0.15, 0.2) is 0 Å². The molecule has 0 fully saturated rings. The summed E-state index contributed by atoms with van der Waals surface area (Å²) in [5, 5.41) is 0. The Labute approximate surface area is 130 Å². The molecule has 0 aliphatic carbocycles. The molecule has 0 saturated carbocycles. The fourth-order valence-electron chi connectivity index (χ4n) is 2.35. The standard InChI is InChI=1S/C18H20O4/c1-18(2)21-12-15-16(9-14(19-3)10-17(15)22-18)20-11-13-7-5-4-6-8-13/h4-10H,11-12H2,1-3H3. The van der Waals surface area contributed by atoms with E-state index in [1.165, 1.54) is 0 Å². The lowest BCUT2D eigenvalue weighted by Crippen LogP contribution is -2.35. The zero-order valence-electron chi connectivity index (χ0n) is 13.1. The van der Waals surface area contributed by atoms with Gasteiger partial charge in [-0.15, -0.1) is 0 Å². The van der Waals surface area contributed by atoms with Crippen molar-refractivity contribution in [2.75, 3.05) is 7.11 Å². The van der Waals surface area contributed by atoms with Crippen molar-refractivity contribution in [1.82, 2.24) is 0 Å². The maximum absolute atomic E-state index is 5.96. The third-order valence-corrected chi connectivity index (χ3v) is 3.53. The monoisotopic (exact) mass is 300 g/mol. The van der Waals surface area contributed by atoms with Crippen LogP contribution in [0.25, 0.3) is 0 Å². The van der Waals surface area contributed by atoms with Crippen LogP contribution in [-0.2, 0) is 18.0 Å². The van der Waals surface area contributed by atoms with Crippen molar-refractivity contribution in [3.05, 3.63) is 53.6 Å². The van der Waals surface area contributed by atoms with Crippen LogP contribution in [0.5, 0.6) is 17.2 Å². The third-order valence-electron chi connectivity index (χ3n) is 3.53. The van der Waals surface area contributed by atoms with Gasteiger partial charge in [-0.1, -0.05) is 30.3 Å². The van der Waals surface area contributed by atoms with Crippen LogP contribution in [0.1, 0.15) is 25.0 Å². The molecule has 0 atom stereocenters. The molecule has 0 amide bonds. The minimum Gasteiger partial charge on any atom is -0.496 e. The molecular formula is C18H20O4.